The van der Waals surface area contributed by atoms with Gasteiger partial charge in [0.2, 0.25) is 21.8 Å². The molecular weight excluding hydrogens is 366 g/mol. The van der Waals surface area contributed by atoms with Gasteiger partial charge in [-0.15, -0.1) is 0 Å². The lowest BCUT2D eigenvalue weighted by Crippen LogP contribution is -2.30. The summed E-state index contributed by atoms with van der Waals surface area (Å²) in [5.74, 6) is -0.582. The predicted molar refractivity (Wildman–Crippen MR) is 101 cm³/mol. The molecule has 1 aliphatic rings. The number of sulfonamides is 1. The van der Waals surface area contributed by atoms with Crippen LogP contribution in [0.15, 0.2) is 59.5 Å². The van der Waals surface area contributed by atoms with Gasteiger partial charge in [-0.2, -0.15) is 0 Å². The molecule has 1 saturated heterocycles. The zero-order valence-corrected chi connectivity index (χ0v) is 15.5. The van der Waals surface area contributed by atoms with Gasteiger partial charge in [0.1, 0.15) is 0 Å². The topological polar surface area (TPSA) is 110 Å². The molecule has 0 radical (unpaired) electrons. The van der Waals surface area contributed by atoms with Crippen LogP contribution < -0.4 is 10.5 Å². The predicted octanol–water partition coefficient (Wildman–Crippen LogP) is 1.36. The summed E-state index contributed by atoms with van der Waals surface area (Å²) >= 11 is 0. The molecule has 0 spiro atoms. The summed E-state index contributed by atoms with van der Waals surface area (Å²) in [6, 6.07) is 15.4. The number of hydrogen-bond donors (Lipinski definition) is 2. The maximum absolute atomic E-state index is 12.4. The second-order valence-corrected chi connectivity index (χ2v) is 8.10. The highest BCUT2D eigenvalue weighted by atomic mass is 32.2. The molecule has 0 saturated carbocycles. The average Bonchev–Trinajstić information content (AvgIpc) is 3.01. The molecule has 2 amide bonds. The Bertz CT molecular complexity index is 927. The normalized spacial score (nSPS) is 17.1. The van der Waals surface area contributed by atoms with Crippen LogP contribution in [0.25, 0.3) is 0 Å². The zero-order chi connectivity index (χ0) is 19.4. The lowest BCUT2D eigenvalue weighted by Gasteiger charge is -2.16. The van der Waals surface area contributed by atoms with Gasteiger partial charge in [-0.25, -0.2) is 13.6 Å². The van der Waals surface area contributed by atoms with Crippen molar-refractivity contribution in [1.82, 2.24) is 4.90 Å². The van der Waals surface area contributed by atoms with Gasteiger partial charge < -0.3 is 10.2 Å². The minimum Gasteiger partial charge on any atom is -0.342 e. The third-order valence-corrected chi connectivity index (χ3v) is 5.48. The van der Waals surface area contributed by atoms with E-state index in [-0.39, 0.29) is 29.0 Å². The van der Waals surface area contributed by atoms with Gasteiger partial charge in [0.25, 0.3) is 0 Å². The van der Waals surface area contributed by atoms with E-state index in [9.17, 15) is 18.0 Å². The van der Waals surface area contributed by atoms with Crippen molar-refractivity contribution >= 4 is 27.5 Å². The molecule has 2 aromatic rings. The van der Waals surface area contributed by atoms with E-state index >= 15 is 0 Å². The highest BCUT2D eigenvalue weighted by Gasteiger charge is 2.33. The smallest absolute Gasteiger partial charge is 0.238 e. The molecule has 0 aliphatic carbocycles. The number of nitrogens with one attached hydrogen (secondary N) is 1. The van der Waals surface area contributed by atoms with Crippen LogP contribution in [-0.2, 0) is 26.0 Å². The Morgan fingerprint density at radius 3 is 2.41 bits per heavy atom. The van der Waals surface area contributed by atoms with Gasteiger partial charge in [-0.05, 0) is 36.2 Å². The molecule has 1 fully saturated rings. The Morgan fingerprint density at radius 1 is 1.11 bits per heavy atom. The summed E-state index contributed by atoms with van der Waals surface area (Å²) < 4.78 is 22.5. The van der Waals surface area contributed by atoms with Crippen molar-refractivity contribution in [2.45, 2.75) is 17.7 Å². The van der Waals surface area contributed by atoms with Gasteiger partial charge in [-0.3, -0.25) is 9.59 Å². The Labute approximate surface area is 158 Å². The fourth-order valence-electron chi connectivity index (χ4n) is 3.04. The van der Waals surface area contributed by atoms with Gasteiger partial charge in [0.15, 0.2) is 0 Å². The number of nitrogens with two attached hydrogens (primary N) is 1. The minimum atomic E-state index is -3.71. The van der Waals surface area contributed by atoms with E-state index in [4.69, 9.17) is 5.14 Å². The van der Waals surface area contributed by atoms with Crippen molar-refractivity contribution in [3.63, 3.8) is 0 Å². The number of benzene rings is 2. The number of primary sulfonamides is 1. The molecule has 1 unspecified atom stereocenters. The largest absolute Gasteiger partial charge is 0.342 e. The molecule has 27 heavy (non-hydrogen) atoms. The quantitative estimate of drug-likeness (QED) is 0.780. The van der Waals surface area contributed by atoms with Crippen molar-refractivity contribution < 1.29 is 18.0 Å². The average molecular weight is 387 g/mol. The molecule has 0 bridgehead atoms. The number of hydrogen-bond acceptors (Lipinski definition) is 4. The number of carbonyl (C=O) groups excluding carboxylic acids is 2. The molecule has 2 aromatic carbocycles. The number of anilines is 1. The molecule has 0 aromatic heterocycles. The van der Waals surface area contributed by atoms with Gasteiger partial charge in [0.05, 0.1) is 10.8 Å². The summed E-state index contributed by atoms with van der Waals surface area (Å²) in [7, 11) is -3.71. The highest BCUT2D eigenvalue weighted by Crippen LogP contribution is 2.20. The number of likely N-dealkylation sites (tertiary alicyclic amines) is 1. The molecule has 3 N–H and O–H groups in total. The fourth-order valence-corrected chi connectivity index (χ4v) is 3.55. The third kappa shape index (κ3) is 4.93. The first kappa shape index (κ1) is 19.1. The maximum Gasteiger partial charge on any atom is 0.238 e. The Hall–Kier alpha value is -2.71. The monoisotopic (exact) mass is 387 g/mol. The van der Waals surface area contributed by atoms with Gasteiger partial charge in [-0.1, -0.05) is 30.3 Å². The second-order valence-electron chi connectivity index (χ2n) is 6.54. The van der Waals surface area contributed by atoms with E-state index in [2.05, 4.69) is 5.32 Å². The van der Waals surface area contributed by atoms with Crippen molar-refractivity contribution in [3.05, 3.63) is 60.2 Å². The molecular formula is C19H21N3O4S. The van der Waals surface area contributed by atoms with E-state index in [0.717, 1.165) is 5.56 Å². The number of para-hydroxylation sites is 1. The molecule has 142 valence electrons. The lowest BCUT2D eigenvalue weighted by molar-refractivity contribution is -0.128. The van der Waals surface area contributed by atoms with Gasteiger partial charge in [0, 0.05) is 25.2 Å². The van der Waals surface area contributed by atoms with E-state index in [1.165, 1.54) is 12.1 Å². The lowest BCUT2D eigenvalue weighted by atomic mass is 10.1. The van der Waals surface area contributed by atoms with Crippen LogP contribution in [0.4, 0.5) is 5.69 Å². The summed E-state index contributed by atoms with van der Waals surface area (Å²) in [6.45, 7) is 0.857. The number of nitrogens with zero attached hydrogens (tertiary/aromatic N) is 1. The SMILES string of the molecule is NS(=O)(=O)c1ccc(CCN2CC(C(=O)Nc3ccccc3)CC2=O)cc1. The Morgan fingerprint density at radius 2 is 1.78 bits per heavy atom. The first-order chi connectivity index (χ1) is 12.8. The van der Waals surface area contributed by atoms with Crippen molar-refractivity contribution in [2.75, 3.05) is 18.4 Å². The number of carbonyl (C=O) groups is 2. The molecule has 1 heterocycles. The van der Waals surface area contributed by atoms with Crippen LogP contribution >= 0.6 is 0 Å². The van der Waals surface area contributed by atoms with E-state index in [1.54, 1.807) is 29.2 Å². The van der Waals surface area contributed by atoms with Crippen LogP contribution in [0.2, 0.25) is 0 Å². The van der Waals surface area contributed by atoms with Crippen molar-refractivity contribution in [3.8, 4) is 0 Å². The zero-order valence-electron chi connectivity index (χ0n) is 14.7. The molecule has 7 nitrogen and oxygen atoms in total. The minimum absolute atomic E-state index is 0.0515. The molecule has 1 atom stereocenters. The third-order valence-electron chi connectivity index (χ3n) is 4.55. The second kappa shape index (κ2) is 7.89. The highest BCUT2D eigenvalue weighted by molar-refractivity contribution is 7.89. The number of rotatable bonds is 6. The molecule has 1 aliphatic heterocycles. The molecule has 3 rings (SSSR count). The van der Waals surface area contributed by atoms with E-state index in [1.807, 2.05) is 18.2 Å². The van der Waals surface area contributed by atoms with Crippen LogP contribution in [-0.4, -0.2) is 38.2 Å². The maximum atomic E-state index is 12.4. The molecule has 8 heteroatoms. The summed E-state index contributed by atoms with van der Waals surface area (Å²) in [6.07, 6.45) is 0.771. The fraction of sp³-hybridized carbons (Fsp3) is 0.263. The summed E-state index contributed by atoms with van der Waals surface area (Å²) in [5.41, 5.74) is 1.61. The standard InChI is InChI=1S/C19H21N3O4S/c20-27(25,26)17-8-6-14(7-9-17)10-11-22-13-15(12-18(22)23)19(24)21-16-4-2-1-3-5-16/h1-9,15H,10-13H2,(H,21,24)(H2,20,25,26). The van der Waals surface area contributed by atoms with Crippen molar-refractivity contribution in [2.24, 2.45) is 11.1 Å². The van der Waals surface area contributed by atoms with Crippen LogP contribution in [0.3, 0.4) is 0 Å². The van der Waals surface area contributed by atoms with Gasteiger partial charge >= 0.3 is 0 Å². The van der Waals surface area contributed by atoms with E-state index in [0.29, 0.717) is 25.2 Å². The Kier molecular flexibility index (Phi) is 5.57. The first-order valence-electron chi connectivity index (χ1n) is 8.58. The van der Waals surface area contributed by atoms with E-state index < -0.39 is 10.0 Å². The summed E-state index contributed by atoms with van der Waals surface area (Å²) in [4.78, 5) is 26.3. The van der Waals surface area contributed by atoms with Crippen LogP contribution in [0.1, 0.15) is 12.0 Å². The Balaban J connectivity index is 1.54. The van der Waals surface area contributed by atoms with Crippen molar-refractivity contribution in [1.29, 1.82) is 0 Å². The van der Waals surface area contributed by atoms with Crippen LogP contribution in [0, 0.1) is 5.92 Å². The summed E-state index contributed by atoms with van der Waals surface area (Å²) in [5, 5.41) is 7.91. The first-order valence-corrected chi connectivity index (χ1v) is 10.1. The number of amides is 2. The van der Waals surface area contributed by atoms with Crippen LogP contribution in [0.5, 0.6) is 0 Å².